The number of hydrogen-bond donors (Lipinski definition) is 2. The van der Waals surface area contributed by atoms with Gasteiger partial charge in [-0.3, -0.25) is 4.57 Å². The van der Waals surface area contributed by atoms with Crippen LogP contribution in [0.25, 0.3) is 0 Å². The van der Waals surface area contributed by atoms with E-state index < -0.39 is 7.67 Å². The first kappa shape index (κ1) is 8.60. The zero-order valence-electron chi connectivity index (χ0n) is 4.78. The van der Waals surface area contributed by atoms with Crippen molar-refractivity contribution >= 4 is 7.67 Å². The van der Waals surface area contributed by atoms with Crippen LogP contribution < -0.4 is 11.0 Å². The van der Waals surface area contributed by atoms with E-state index in [1.807, 2.05) is 0 Å². The summed E-state index contributed by atoms with van der Waals surface area (Å²) >= 11 is 0. The van der Waals surface area contributed by atoms with Crippen molar-refractivity contribution in [3.63, 3.8) is 0 Å². The quantitative estimate of drug-likeness (QED) is 0.432. The van der Waals surface area contributed by atoms with Crippen molar-refractivity contribution < 1.29 is 9.09 Å². The number of hydrogen-bond acceptors (Lipinski definition) is 3. The van der Waals surface area contributed by atoms with Gasteiger partial charge in [-0.2, -0.15) is 5.26 Å². The van der Waals surface area contributed by atoms with Gasteiger partial charge in [-0.15, -0.1) is 0 Å². The third kappa shape index (κ3) is 7.60. The van der Waals surface area contributed by atoms with Crippen LogP contribution in [0.5, 0.6) is 0 Å². The first-order valence-corrected chi connectivity index (χ1v) is 4.01. The van der Waals surface area contributed by atoms with E-state index in [0.717, 1.165) is 0 Å². The highest BCUT2D eigenvalue weighted by Gasteiger charge is 2.06. The third-order valence-corrected chi connectivity index (χ3v) is 1.09. The van der Waals surface area contributed by atoms with Gasteiger partial charge in [-0.25, -0.2) is 11.0 Å². The summed E-state index contributed by atoms with van der Waals surface area (Å²) in [6, 6.07) is 1.78. The summed E-state index contributed by atoms with van der Waals surface area (Å²) in [7, 11) is -3.35. The molecule has 0 atom stereocenters. The van der Waals surface area contributed by atoms with Gasteiger partial charge in [-0.1, -0.05) is 0 Å². The standard InChI is InChI=1S/C3H8N3O2P/c4-2-1-3-8-9(5,6)7/h1,3H2,(H4,5,6,7). The Bertz CT molecular complexity index is 157. The second-order valence-electron chi connectivity index (χ2n) is 1.39. The van der Waals surface area contributed by atoms with E-state index >= 15 is 0 Å². The third-order valence-electron chi connectivity index (χ3n) is 0.507. The minimum absolute atomic E-state index is 0.0285. The van der Waals surface area contributed by atoms with Crippen LogP contribution in [0.2, 0.25) is 0 Å². The molecule has 6 heteroatoms. The fourth-order valence-corrected chi connectivity index (χ4v) is 0.611. The largest absolute Gasteiger partial charge is 0.335 e. The molecule has 0 aliphatic heterocycles. The van der Waals surface area contributed by atoms with Crippen LogP contribution in [0.4, 0.5) is 0 Å². The molecule has 0 aromatic heterocycles. The monoisotopic (exact) mass is 149 g/mol. The molecule has 0 aliphatic rings. The van der Waals surface area contributed by atoms with E-state index in [2.05, 4.69) is 4.52 Å². The lowest BCUT2D eigenvalue weighted by atomic mass is 10.5. The Hall–Kier alpha value is -0.400. The molecule has 0 rings (SSSR count). The van der Waals surface area contributed by atoms with E-state index in [0.29, 0.717) is 0 Å². The maximum atomic E-state index is 10.3. The van der Waals surface area contributed by atoms with Gasteiger partial charge in [0.15, 0.2) is 0 Å². The smallest absolute Gasteiger partial charge is 0.305 e. The molecule has 0 aliphatic carbocycles. The Morgan fingerprint density at radius 3 is 2.56 bits per heavy atom. The van der Waals surface area contributed by atoms with Gasteiger partial charge in [0.25, 0.3) is 0 Å². The molecular formula is C3H8N3O2P. The molecule has 0 saturated carbocycles. The molecule has 4 N–H and O–H groups in total. The van der Waals surface area contributed by atoms with E-state index in [1.54, 1.807) is 6.07 Å². The topological polar surface area (TPSA) is 102 Å². The van der Waals surface area contributed by atoms with Crippen LogP contribution in [-0.4, -0.2) is 6.61 Å². The highest BCUT2D eigenvalue weighted by Crippen LogP contribution is 2.25. The van der Waals surface area contributed by atoms with E-state index in [-0.39, 0.29) is 13.0 Å². The number of nitrogens with two attached hydrogens (primary N) is 2. The molecule has 0 bridgehead atoms. The van der Waals surface area contributed by atoms with E-state index in [4.69, 9.17) is 16.3 Å². The summed E-state index contributed by atoms with van der Waals surface area (Å²) in [5.74, 6) is 0. The number of nitriles is 1. The van der Waals surface area contributed by atoms with Crippen molar-refractivity contribution in [2.45, 2.75) is 6.42 Å². The average molecular weight is 149 g/mol. The molecule has 0 aromatic carbocycles. The van der Waals surface area contributed by atoms with Crippen LogP contribution in [0.3, 0.4) is 0 Å². The first-order valence-electron chi connectivity index (χ1n) is 2.25. The van der Waals surface area contributed by atoms with Crippen molar-refractivity contribution in [1.82, 2.24) is 0 Å². The lowest BCUT2D eigenvalue weighted by molar-refractivity contribution is 0.322. The molecule has 0 aromatic rings. The molecule has 52 valence electrons. The van der Waals surface area contributed by atoms with Gasteiger partial charge in [0.1, 0.15) is 0 Å². The highest BCUT2D eigenvalue weighted by atomic mass is 31.2. The molecule has 5 nitrogen and oxygen atoms in total. The predicted molar refractivity (Wildman–Crippen MR) is 32.2 cm³/mol. The Kier molecular flexibility index (Phi) is 3.43. The van der Waals surface area contributed by atoms with Gasteiger partial charge in [-0.05, 0) is 0 Å². The fourth-order valence-electron chi connectivity index (χ4n) is 0.234. The second kappa shape index (κ2) is 3.59. The summed E-state index contributed by atoms with van der Waals surface area (Å²) in [5.41, 5.74) is 9.56. The summed E-state index contributed by atoms with van der Waals surface area (Å²) in [5, 5.41) is 7.96. The Balaban J connectivity index is 3.32. The minimum Gasteiger partial charge on any atom is -0.305 e. The second-order valence-corrected chi connectivity index (χ2v) is 2.94. The first-order chi connectivity index (χ1) is 4.06. The molecule has 0 unspecified atom stereocenters. The van der Waals surface area contributed by atoms with Crippen molar-refractivity contribution in [1.29, 1.82) is 5.26 Å². The summed E-state index contributed by atoms with van der Waals surface area (Å²) in [6.07, 6.45) is 0.151. The zero-order valence-corrected chi connectivity index (χ0v) is 5.67. The Morgan fingerprint density at radius 1 is 1.67 bits per heavy atom. The molecular weight excluding hydrogens is 141 g/mol. The SMILES string of the molecule is N#CCCOP(N)(N)=O. The molecule has 0 heterocycles. The van der Waals surface area contributed by atoms with Crippen molar-refractivity contribution in [3.8, 4) is 6.07 Å². The van der Waals surface area contributed by atoms with Gasteiger partial charge in [0, 0.05) is 0 Å². The summed E-state index contributed by atoms with van der Waals surface area (Å²) in [4.78, 5) is 0. The fraction of sp³-hybridized carbons (Fsp3) is 0.667. The van der Waals surface area contributed by atoms with Gasteiger partial charge in [0.2, 0.25) is 0 Å². The molecule has 0 saturated heterocycles. The molecule has 0 amide bonds. The normalized spacial score (nSPS) is 10.8. The van der Waals surface area contributed by atoms with Gasteiger partial charge < -0.3 is 4.52 Å². The van der Waals surface area contributed by atoms with Crippen molar-refractivity contribution in [2.24, 2.45) is 11.0 Å². The molecule has 0 radical (unpaired) electrons. The molecule has 0 spiro atoms. The highest BCUT2D eigenvalue weighted by molar-refractivity contribution is 7.53. The number of rotatable bonds is 3. The molecule has 9 heavy (non-hydrogen) atoms. The maximum Gasteiger partial charge on any atom is 0.335 e. The van der Waals surface area contributed by atoms with Crippen LogP contribution >= 0.6 is 7.67 Å². The van der Waals surface area contributed by atoms with Crippen molar-refractivity contribution in [2.75, 3.05) is 6.61 Å². The van der Waals surface area contributed by atoms with Gasteiger partial charge >= 0.3 is 7.67 Å². The number of nitrogens with zero attached hydrogens (tertiary/aromatic N) is 1. The lowest BCUT2D eigenvalue weighted by Gasteiger charge is -2.03. The predicted octanol–water partition coefficient (Wildman–Crippen LogP) is -0.0578. The average Bonchev–Trinajstić information content (AvgIpc) is 1.63. The van der Waals surface area contributed by atoms with E-state index in [9.17, 15) is 4.57 Å². The van der Waals surface area contributed by atoms with Gasteiger partial charge in [0.05, 0.1) is 19.1 Å². The lowest BCUT2D eigenvalue weighted by Crippen LogP contribution is -2.08. The minimum atomic E-state index is -3.35. The molecule has 0 fully saturated rings. The Labute approximate surface area is 53.1 Å². The zero-order chi connectivity index (χ0) is 7.33. The maximum absolute atomic E-state index is 10.3. The Morgan fingerprint density at radius 2 is 2.22 bits per heavy atom. The van der Waals surface area contributed by atoms with Crippen LogP contribution in [0.15, 0.2) is 0 Å². The van der Waals surface area contributed by atoms with Crippen LogP contribution in [0.1, 0.15) is 6.42 Å². The van der Waals surface area contributed by atoms with Crippen LogP contribution in [0, 0.1) is 11.3 Å². The van der Waals surface area contributed by atoms with Crippen molar-refractivity contribution in [3.05, 3.63) is 0 Å². The van der Waals surface area contributed by atoms with Crippen LogP contribution in [-0.2, 0) is 9.09 Å². The summed E-state index contributed by atoms with van der Waals surface area (Å²) in [6.45, 7) is 0.0285. The summed E-state index contributed by atoms with van der Waals surface area (Å²) < 4.78 is 14.7. The van der Waals surface area contributed by atoms with E-state index in [1.165, 1.54) is 0 Å².